The van der Waals surface area contributed by atoms with Crippen molar-refractivity contribution in [2.24, 2.45) is 5.18 Å². The molecule has 0 saturated heterocycles. The zero-order valence-corrected chi connectivity index (χ0v) is 12.1. The van der Waals surface area contributed by atoms with E-state index in [9.17, 15) is 14.1 Å². The van der Waals surface area contributed by atoms with Gasteiger partial charge in [-0.05, 0) is 30.5 Å². The highest BCUT2D eigenvalue weighted by molar-refractivity contribution is 5.67. The second-order valence-corrected chi connectivity index (χ2v) is 5.16. The number of aliphatic carboxylic acids is 1. The SMILES string of the molecule is Cc1ccc(-c2ccc(C(CCC(=O)O)N=O)c(F)c2)cc1. The lowest BCUT2D eigenvalue weighted by atomic mass is 9.97. The van der Waals surface area contributed by atoms with Gasteiger partial charge in [0.25, 0.3) is 0 Å². The second kappa shape index (κ2) is 6.93. The molecule has 0 amide bonds. The Balaban J connectivity index is 2.26. The first-order valence-corrected chi connectivity index (χ1v) is 6.92. The van der Waals surface area contributed by atoms with Crippen molar-refractivity contribution in [1.82, 2.24) is 0 Å². The summed E-state index contributed by atoms with van der Waals surface area (Å²) in [5, 5.41) is 11.5. The van der Waals surface area contributed by atoms with Crippen LogP contribution in [0.3, 0.4) is 0 Å². The van der Waals surface area contributed by atoms with Crippen LogP contribution in [0.1, 0.15) is 30.0 Å². The van der Waals surface area contributed by atoms with Gasteiger partial charge in [-0.3, -0.25) is 4.79 Å². The summed E-state index contributed by atoms with van der Waals surface area (Å²) in [6.07, 6.45) is -0.241. The molecule has 1 unspecified atom stereocenters. The number of nitrogens with zero attached hydrogens (tertiary/aromatic N) is 1. The number of nitroso groups, excluding NO2 is 1. The minimum absolute atomic E-state index is 0.0143. The molecule has 22 heavy (non-hydrogen) atoms. The van der Waals surface area contributed by atoms with Crippen molar-refractivity contribution >= 4 is 5.97 Å². The predicted octanol–water partition coefficient (Wildman–Crippen LogP) is 4.47. The Morgan fingerprint density at radius 3 is 2.36 bits per heavy atom. The summed E-state index contributed by atoms with van der Waals surface area (Å²) in [4.78, 5) is 21.4. The molecule has 2 aromatic carbocycles. The van der Waals surface area contributed by atoms with E-state index < -0.39 is 17.8 Å². The summed E-state index contributed by atoms with van der Waals surface area (Å²) in [5.41, 5.74) is 2.81. The molecule has 2 rings (SSSR count). The minimum atomic E-state index is -1.04. The second-order valence-electron chi connectivity index (χ2n) is 5.16. The molecule has 2 aromatic rings. The molecule has 0 aliphatic rings. The van der Waals surface area contributed by atoms with Crippen LogP contribution < -0.4 is 0 Å². The molecular formula is C17H16FNO3. The van der Waals surface area contributed by atoms with E-state index in [1.165, 1.54) is 12.1 Å². The number of carbonyl (C=O) groups is 1. The van der Waals surface area contributed by atoms with Crippen LogP contribution in [-0.2, 0) is 4.79 Å². The third-order valence-corrected chi connectivity index (χ3v) is 3.50. The van der Waals surface area contributed by atoms with Gasteiger partial charge in [0, 0.05) is 12.0 Å². The minimum Gasteiger partial charge on any atom is -0.481 e. The summed E-state index contributed by atoms with van der Waals surface area (Å²) in [6.45, 7) is 1.97. The van der Waals surface area contributed by atoms with Crippen LogP contribution in [0.5, 0.6) is 0 Å². The first-order valence-electron chi connectivity index (χ1n) is 6.92. The molecule has 0 aliphatic heterocycles. The van der Waals surface area contributed by atoms with E-state index in [0.29, 0.717) is 5.56 Å². The Labute approximate surface area is 127 Å². The largest absolute Gasteiger partial charge is 0.481 e. The highest BCUT2D eigenvalue weighted by atomic mass is 19.1. The fourth-order valence-electron chi connectivity index (χ4n) is 2.25. The van der Waals surface area contributed by atoms with Crippen molar-refractivity contribution < 1.29 is 14.3 Å². The molecule has 0 spiro atoms. The predicted molar refractivity (Wildman–Crippen MR) is 82.0 cm³/mol. The third kappa shape index (κ3) is 3.75. The van der Waals surface area contributed by atoms with Crippen LogP contribution >= 0.6 is 0 Å². The molecule has 0 aliphatic carbocycles. The van der Waals surface area contributed by atoms with Gasteiger partial charge in [-0.15, -0.1) is 0 Å². The third-order valence-electron chi connectivity index (χ3n) is 3.50. The van der Waals surface area contributed by atoms with Crippen LogP contribution in [0.25, 0.3) is 11.1 Å². The number of carboxylic acids is 1. The Bertz CT molecular complexity index is 683. The molecule has 1 atom stereocenters. The van der Waals surface area contributed by atoms with Crippen molar-refractivity contribution in [2.75, 3.05) is 0 Å². The van der Waals surface area contributed by atoms with E-state index in [2.05, 4.69) is 5.18 Å². The van der Waals surface area contributed by atoms with Crippen molar-refractivity contribution in [2.45, 2.75) is 25.8 Å². The average Bonchev–Trinajstić information content (AvgIpc) is 2.49. The lowest BCUT2D eigenvalue weighted by Crippen LogP contribution is -2.03. The number of benzene rings is 2. The van der Waals surface area contributed by atoms with Crippen molar-refractivity contribution in [1.29, 1.82) is 0 Å². The molecule has 0 fully saturated rings. The van der Waals surface area contributed by atoms with Gasteiger partial charge in [-0.1, -0.05) is 47.1 Å². The van der Waals surface area contributed by atoms with E-state index >= 15 is 0 Å². The van der Waals surface area contributed by atoms with E-state index in [0.717, 1.165) is 11.1 Å². The zero-order chi connectivity index (χ0) is 16.1. The van der Waals surface area contributed by atoms with Gasteiger partial charge in [-0.25, -0.2) is 4.39 Å². The van der Waals surface area contributed by atoms with E-state index in [4.69, 9.17) is 5.11 Å². The summed E-state index contributed by atoms with van der Waals surface area (Å²) >= 11 is 0. The molecule has 114 valence electrons. The molecule has 1 N–H and O–H groups in total. The summed E-state index contributed by atoms with van der Waals surface area (Å²) in [6, 6.07) is 11.2. The molecule has 5 heteroatoms. The van der Waals surface area contributed by atoms with Crippen molar-refractivity contribution in [3.8, 4) is 11.1 Å². The van der Waals surface area contributed by atoms with Crippen molar-refractivity contribution in [3.05, 3.63) is 64.3 Å². The van der Waals surface area contributed by atoms with Gasteiger partial charge in [0.2, 0.25) is 0 Å². The number of carboxylic acid groups (broad SMARTS) is 1. The normalized spacial score (nSPS) is 11.9. The van der Waals surface area contributed by atoms with Crippen LogP contribution in [0, 0.1) is 17.6 Å². The number of rotatable bonds is 6. The Hall–Kier alpha value is -2.56. The van der Waals surface area contributed by atoms with E-state index in [-0.39, 0.29) is 18.4 Å². The van der Waals surface area contributed by atoms with Gasteiger partial charge in [0.1, 0.15) is 11.9 Å². The Morgan fingerprint density at radius 1 is 1.18 bits per heavy atom. The first kappa shape index (κ1) is 15.8. The fraction of sp³-hybridized carbons (Fsp3) is 0.235. The van der Waals surface area contributed by atoms with Crippen LogP contribution in [0.4, 0.5) is 4.39 Å². The highest BCUT2D eigenvalue weighted by Crippen LogP contribution is 2.29. The smallest absolute Gasteiger partial charge is 0.303 e. The first-order chi connectivity index (χ1) is 10.5. The lowest BCUT2D eigenvalue weighted by Gasteiger charge is -2.11. The summed E-state index contributed by atoms with van der Waals surface area (Å²) in [5.74, 6) is -1.58. The molecule has 0 aromatic heterocycles. The molecule has 4 nitrogen and oxygen atoms in total. The molecule has 0 heterocycles. The van der Waals surface area contributed by atoms with Crippen LogP contribution in [0.15, 0.2) is 47.6 Å². The zero-order valence-electron chi connectivity index (χ0n) is 12.1. The Kier molecular flexibility index (Phi) is 4.99. The fourth-order valence-corrected chi connectivity index (χ4v) is 2.25. The maximum atomic E-state index is 14.2. The van der Waals surface area contributed by atoms with Crippen LogP contribution in [0.2, 0.25) is 0 Å². The lowest BCUT2D eigenvalue weighted by molar-refractivity contribution is -0.137. The van der Waals surface area contributed by atoms with Gasteiger partial charge in [-0.2, -0.15) is 4.91 Å². The highest BCUT2D eigenvalue weighted by Gasteiger charge is 2.18. The van der Waals surface area contributed by atoms with Gasteiger partial charge in [0.15, 0.2) is 0 Å². The monoisotopic (exact) mass is 301 g/mol. The van der Waals surface area contributed by atoms with Crippen LogP contribution in [-0.4, -0.2) is 11.1 Å². The number of halogens is 1. The quantitative estimate of drug-likeness (QED) is 0.800. The topological polar surface area (TPSA) is 66.7 Å². The van der Waals surface area contributed by atoms with Gasteiger partial charge in [0.05, 0.1) is 0 Å². The van der Waals surface area contributed by atoms with Gasteiger partial charge >= 0.3 is 5.97 Å². The maximum Gasteiger partial charge on any atom is 0.303 e. The van der Waals surface area contributed by atoms with E-state index in [1.807, 2.05) is 31.2 Å². The summed E-state index contributed by atoms with van der Waals surface area (Å²) in [7, 11) is 0. The van der Waals surface area contributed by atoms with Gasteiger partial charge < -0.3 is 5.11 Å². The number of aryl methyl sites for hydroxylation is 1. The number of hydrogen-bond donors (Lipinski definition) is 1. The molecule has 0 bridgehead atoms. The maximum absolute atomic E-state index is 14.2. The molecule has 0 radical (unpaired) electrons. The molecule has 0 saturated carbocycles. The van der Waals surface area contributed by atoms with Crippen molar-refractivity contribution in [3.63, 3.8) is 0 Å². The summed E-state index contributed by atoms with van der Waals surface area (Å²) < 4.78 is 14.2. The standard InChI is InChI=1S/C17H16FNO3/c1-11-2-4-12(5-3-11)13-6-7-14(15(18)10-13)16(19-22)8-9-17(20)21/h2-7,10,16H,8-9H2,1H3,(H,20,21). The van der Waals surface area contributed by atoms with E-state index in [1.54, 1.807) is 6.07 Å². The number of hydrogen-bond acceptors (Lipinski definition) is 3. The average molecular weight is 301 g/mol. The Morgan fingerprint density at radius 2 is 1.82 bits per heavy atom. The molecular weight excluding hydrogens is 285 g/mol.